The van der Waals surface area contributed by atoms with Gasteiger partial charge >= 0.3 is 0 Å². The van der Waals surface area contributed by atoms with Gasteiger partial charge in [-0.1, -0.05) is 49.1 Å². The summed E-state index contributed by atoms with van der Waals surface area (Å²) in [6.07, 6.45) is 4.93. The maximum Gasteiger partial charge on any atom is 0.269 e. The van der Waals surface area contributed by atoms with Crippen molar-refractivity contribution in [1.82, 2.24) is 0 Å². The van der Waals surface area contributed by atoms with E-state index >= 15 is 0 Å². The Balaban J connectivity index is 2.10. The van der Waals surface area contributed by atoms with Gasteiger partial charge in [0.15, 0.2) is 5.78 Å². The summed E-state index contributed by atoms with van der Waals surface area (Å²) in [5.74, 6) is 1.30. The van der Waals surface area contributed by atoms with E-state index in [4.69, 9.17) is 14.2 Å². The highest BCUT2D eigenvalue weighted by Gasteiger charge is 2.55. The van der Waals surface area contributed by atoms with E-state index in [1.807, 2.05) is 48.5 Å². The number of rotatable bonds is 9. The van der Waals surface area contributed by atoms with Crippen LogP contribution in [0.15, 0.2) is 103 Å². The number of methoxy groups -OCH3 is 3. The third-order valence-corrected chi connectivity index (χ3v) is 9.35. The molecular weight excluding hydrogens is 489 g/mol. The molecule has 0 aromatic heterocycles. The number of hydrogen-bond donors (Lipinski definition) is 0. The lowest BCUT2D eigenvalue weighted by molar-refractivity contribution is -0.384. The first kappa shape index (κ1) is 25.9. The van der Waals surface area contributed by atoms with Gasteiger partial charge in [0.25, 0.3) is 5.69 Å². The molecule has 0 amide bonds. The molecule has 2 unspecified atom stereocenters. The second-order valence-electron chi connectivity index (χ2n) is 8.13. The van der Waals surface area contributed by atoms with Crippen molar-refractivity contribution >= 4 is 35.6 Å². The minimum atomic E-state index is -1.65. The van der Waals surface area contributed by atoms with Crippen molar-refractivity contribution in [2.24, 2.45) is 0 Å². The molecule has 0 fully saturated rings. The standard InChI is InChI=1S/C29H26NO6P/c1-20(21-16-18-22(19-17-21)30(32)33)29(26(31)14-9-15-27(29)36-4)37(23-10-6-5-7-11-23)28-24(34-2)12-8-13-25(28)35-3/h5-19H,1H2,2-4H3. The molecule has 8 heteroatoms. The summed E-state index contributed by atoms with van der Waals surface area (Å²) in [6, 6.07) is 21.2. The molecule has 0 radical (unpaired) electrons. The molecule has 0 saturated carbocycles. The number of hydrogen-bond acceptors (Lipinski definition) is 6. The smallest absolute Gasteiger partial charge is 0.269 e. The monoisotopic (exact) mass is 515 g/mol. The molecule has 7 nitrogen and oxygen atoms in total. The fourth-order valence-electron chi connectivity index (χ4n) is 4.57. The molecule has 1 aliphatic carbocycles. The van der Waals surface area contributed by atoms with Gasteiger partial charge in [0.2, 0.25) is 0 Å². The first-order valence-corrected chi connectivity index (χ1v) is 12.7. The maximum atomic E-state index is 14.2. The zero-order chi connectivity index (χ0) is 26.6. The lowest BCUT2D eigenvalue weighted by Crippen LogP contribution is -2.46. The van der Waals surface area contributed by atoms with Gasteiger partial charge in [-0.05, 0) is 60.8 Å². The quantitative estimate of drug-likeness (QED) is 0.222. The van der Waals surface area contributed by atoms with Crippen LogP contribution in [0.4, 0.5) is 5.69 Å². The number of nitrogens with zero attached hydrogens (tertiary/aromatic N) is 1. The largest absolute Gasteiger partial charge is 0.499 e. The summed E-state index contributed by atoms with van der Waals surface area (Å²) in [7, 11) is 3.02. The average molecular weight is 516 g/mol. The second kappa shape index (κ2) is 10.8. The first-order valence-electron chi connectivity index (χ1n) is 11.4. The highest BCUT2D eigenvalue weighted by atomic mass is 31.1. The second-order valence-corrected chi connectivity index (χ2v) is 10.4. The van der Waals surface area contributed by atoms with Crippen LogP contribution in [0, 0.1) is 10.1 Å². The molecule has 0 spiro atoms. The molecular formula is C29H26NO6P. The van der Waals surface area contributed by atoms with Gasteiger partial charge in [-0.25, -0.2) is 0 Å². The zero-order valence-electron chi connectivity index (χ0n) is 20.7. The Morgan fingerprint density at radius 3 is 2.05 bits per heavy atom. The number of ether oxygens (including phenoxy) is 3. The number of ketones is 1. The Morgan fingerprint density at radius 2 is 1.51 bits per heavy atom. The summed E-state index contributed by atoms with van der Waals surface area (Å²) in [4.78, 5) is 25.0. The minimum absolute atomic E-state index is 0.0558. The van der Waals surface area contributed by atoms with Gasteiger partial charge in [0, 0.05) is 12.1 Å². The van der Waals surface area contributed by atoms with Crippen LogP contribution < -0.4 is 20.1 Å². The lowest BCUT2D eigenvalue weighted by atomic mass is 9.85. The molecule has 0 N–H and O–H groups in total. The van der Waals surface area contributed by atoms with Crippen LogP contribution in [0.2, 0.25) is 0 Å². The van der Waals surface area contributed by atoms with E-state index in [1.165, 1.54) is 25.3 Å². The predicted molar refractivity (Wildman–Crippen MR) is 146 cm³/mol. The van der Waals surface area contributed by atoms with Crippen LogP contribution >= 0.6 is 7.92 Å². The van der Waals surface area contributed by atoms with Crippen LogP contribution in [0.1, 0.15) is 5.56 Å². The molecule has 0 heterocycles. The van der Waals surface area contributed by atoms with Crippen LogP contribution in [0.25, 0.3) is 5.57 Å². The summed E-state index contributed by atoms with van der Waals surface area (Å²) in [5, 5.41) is 11.5. The Bertz CT molecular complexity index is 1380. The first-order chi connectivity index (χ1) is 17.9. The van der Waals surface area contributed by atoms with Crippen molar-refractivity contribution in [3.63, 3.8) is 0 Å². The third-order valence-electron chi connectivity index (χ3n) is 6.27. The average Bonchev–Trinajstić information content (AvgIpc) is 2.94. The molecule has 0 saturated heterocycles. The summed E-state index contributed by atoms with van der Waals surface area (Å²) in [5.41, 5.74) is 0.974. The van der Waals surface area contributed by atoms with E-state index in [0.717, 1.165) is 5.30 Å². The van der Waals surface area contributed by atoms with Gasteiger partial charge in [-0.3, -0.25) is 14.9 Å². The summed E-state index contributed by atoms with van der Waals surface area (Å²) < 4.78 is 17.5. The highest BCUT2D eigenvalue weighted by Crippen LogP contribution is 2.62. The van der Waals surface area contributed by atoms with E-state index < -0.39 is 18.0 Å². The number of benzene rings is 3. The van der Waals surface area contributed by atoms with Crippen LogP contribution in [0.5, 0.6) is 11.5 Å². The molecule has 3 aromatic carbocycles. The molecule has 0 aliphatic heterocycles. The van der Waals surface area contributed by atoms with Crippen molar-refractivity contribution in [2.75, 3.05) is 21.3 Å². The Morgan fingerprint density at radius 1 is 0.892 bits per heavy atom. The van der Waals surface area contributed by atoms with Gasteiger partial charge in [-0.15, -0.1) is 0 Å². The van der Waals surface area contributed by atoms with Crippen molar-refractivity contribution in [3.8, 4) is 11.5 Å². The number of carbonyl (C=O) groups is 1. The van der Waals surface area contributed by atoms with E-state index in [2.05, 4.69) is 6.58 Å². The normalized spacial score (nSPS) is 17.5. The fourth-order valence-corrected chi connectivity index (χ4v) is 7.87. The highest BCUT2D eigenvalue weighted by molar-refractivity contribution is 7.76. The predicted octanol–water partition coefficient (Wildman–Crippen LogP) is 5.17. The Labute approximate surface area is 216 Å². The third kappa shape index (κ3) is 4.43. The number of nitro benzene ring substituents is 1. The molecule has 188 valence electrons. The molecule has 0 bridgehead atoms. The summed E-state index contributed by atoms with van der Waals surface area (Å²) in [6.45, 7) is 4.42. The van der Waals surface area contributed by atoms with Gasteiger partial charge in [-0.2, -0.15) is 0 Å². The number of non-ortho nitro benzene ring substituents is 1. The van der Waals surface area contributed by atoms with Crippen molar-refractivity contribution in [2.45, 2.75) is 5.16 Å². The van der Waals surface area contributed by atoms with Crippen LogP contribution in [0.3, 0.4) is 0 Å². The number of carbonyl (C=O) groups excluding carboxylic acids is 1. The topological polar surface area (TPSA) is 87.9 Å². The number of nitro groups is 1. The Kier molecular flexibility index (Phi) is 7.55. The lowest BCUT2D eigenvalue weighted by Gasteiger charge is -2.43. The van der Waals surface area contributed by atoms with Gasteiger partial charge in [0.05, 0.1) is 31.6 Å². The van der Waals surface area contributed by atoms with E-state index in [-0.39, 0.29) is 11.5 Å². The van der Waals surface area contributed by atoms with Gasteiger partial charge in [0.1, 0.15) is 22.4 Å². The maximum absolute atomic E-state index is 14.2. The van der Waals surface area contributed by atoms with Crippen LogP contribution in [-0.2, 0) is 9.53 Å². The SMILES string of the molecule is C=C(c1ccc([N+](=O)[O-])cc1)C1(P(c2ccccc2)c2c(OC)cccc2OC)C(=O)C=CC=C1OC. The van der Waals surface area contributed by atoms with E-state index in [0.29, 0.717) is 33.7 Å². The van der Waals surface area contributed by atoms with Crippen LogP contribution in [-0.4, -0.2) is 37.2 Å². The summed E-state index contributed by atoms with van der Waals surface area (Å²) >= 11 is 0. The Hall–Kier alpha value is -4.22. The van der Waals surface area contributed by atoms with Crippen molar-refractivity contribution < 1.29 is 23.9 Å². The zero-order valence-corrected chi connectivity index (χ0v) is 21.6. The minimum Gasteiger partial charge on any atom is -0.499 e. The van der Waals surface area contributed by atoms with Crippen molar-refractivity contribution in [3.05, 3.63) is 119 Å². The number of allylic oxidation sites excluding steroid dienone is 4. The van der Waals surface area contributed by atoms with E-state index in [1.54, 1.807) is 38.5 Å². The molecule has 2 atom stereocenters. The molecule has 3 aromatic rings. The molecule has 37 heavy (non-hydrogen) atoms. The molecule has 4 rings (SSSR count). The molecule has 1 aliphatic rings. The van der Waals surface area contributed by atoms with E-state index in [9.17, 15) is 14.9 Å². The van der Waals surface area contributed by atoms with Crippen molar-refractivity contribution in [1.29, 1.82) is 0 Å². The fraction of sp³-hybridized carbons (Fsp3) is 0.138. The van der Waals surface area contributed by atoms with Gasteiger partial charge < -0.3 is 14.2 Å².